The zero-order valence-corrected chi connectivity index (χ0v) is 17.3. The Morgan fingerprint density at radius 2 is 2.15 bits per heavy atom. The Hall–Kier alpha value is -1.73. The molecule has 0 aliphatic heterocycles. The van der Waals surface area contributed by atoms with Gasteiger partial charge in [-0.1, -0.05) is 36.7 Å². The maximum absolute atomic E-state index is 14.1. The first-order valence-electron chi connectivity index (χ1n) is 8.77. The summed E-state index contributed by atoms with van der Waals surface area (Å²) in [5.41, 5.74) is 0. The number of aromatic nitrogens is 1. The highest BCUT2D eigenvalue weighted by molar-refractivity contribution is 9.10. The zero-order chi connectivity index (χ0) is 19.1. The number of ether oxygens (including phenoxy) is 1. The topological polar surface area (TPSA) is 49.8 Å². The summed E-state index contributed by atoms with van der Waals surface area (Å²) in [6, 6.07) is 5.11. The average molecular weight is 425 g/mol. The van der Waals surface area contributed by atoms with Gasteiger partial charge in [-0.2, -0.15) is 0 Å². The number of hydrogen-bond acceptors (Lipinski definition) is 4. The van der Waals surface area contributed by atoms with Crippen molar-refractivity contribution in [2.75, 3.05) is 32.2 Å². The van der Waals surface area contributed by atoms with Crippen molar-refractivity contribution in [3.05, 3.63) is 34.7 Å². The monoisotopic (exact) mass is 424 g/mol. The predicted molar refractivity (Wildman–Crippen MR) is 109 cm³/mol. The summed E-state index contributed by atoms with van der Waals surface area (Å²) in [6.07, 6.45) is 2.74. The van der Waals surface area contributed by atoms with E-state index in [9.17, 15) is 4.39 Å². The number of pyridine rings is 1. The van der Waals surface area contributed by atoms with Gasteiger partial charge in [0.15, 0.2) is 0 Å². The molecule has 1 N–H and O–H groups in total. The fraction of sp³-hybridized carbons (Fsp3) is 0.474. The molecule has 0 radical (unpaired) electrons. The highest BCUT2D eigenvalue weighted by atomic mass is 79.9. The zero-order valence-electron chi connectivity index (χ0n) is 15.7. The number of halogens is 2. The number of aliphatic imine (C=N–C) groups is 1. The standard InChI is InChI=1S/C19H26BrFN4O/c1-5-25(9-8-13(2)3)12-26-19(22-4)24-18-10-14-15(11-23-18)16(20)6-7-17(14)21/h6-7,10-11,13H,5,8-9,12H2,1-4H3,(H,22,23,24). The van der Waals surface area contributed by atoms with Crippen LogP contribution in [0.4, 0.5) is 10.2 Å². The lowest BCUT2D eigenvalue weighted by Crippen LogP contribution is -2.31. The summed E-state index contributed by atoms with van der Waals surface area (Å²) in [5, 5.41) is 4.23. The van der Waals surface area contributed by atoms with Crippen LogP contribution in [0.3, 0.4) is 0 Å². The van der Waals surface area contributed by atoms with Crippen LogP contribution < -0.4 is 5.32 Å². The normalized spacial score (nSPS) is 12.2. The molecule has 0 atom stereocenters. The number of fused-ring (bicyclic) bond motifs is 1. The van der Waals surface area contributed by atoms with E-state index in [4.69, 9.17) is 4.74 Å². The van der Waals surface area contributed by atoms with Gasteiger partial charge in [-0.25, -0.2) is 14.4 Å². The molecule has 0 amide bonds. The highest BCUT2D eigenvalue weighted by Gasteiger charge is 2.10. The van der Waals surface area contributed by atoms with Crippen molar-refractivity contribution in [1.29, 1.82) is 0 Å². The summed E-state index contributed by atoms with van der Waals surface area (Å²) in [4.78, 5) is 10.6. The van der Waals surface area contributed by atoms with E-state index < -0.39 is 0 Å². The third-order valence-corrected chi connectivity index (χ3v) is 4.78. The minimum Gasteiger partial charge on any atom is -0.449 e. The van der Waals surface area contributed by atoms with E-state index in [1.54, 1.807) is 25.4 Å². The Morgan fingerprint density at radius 3 is 2.81 bits per heavy atom. The van der Waals surface area contributed by atoms with E-state index in [-0.39, 0.29) is 5.82 Å². The van der Waals surface area contributed by atoms with Gasteiger partial charge in [0.05, 0.1) is 0 Å². The lowest BCUT2D eigenvalue weighted by atomic mass is 10.1. The van der Waals surface area contributed by atoms with Crippen molar-refractivity contribution < 1.29 is 9.13 Å². The number of nitrogens with one attached hydrogen (secondary N) is 1. The van der Waals surface area contributed by atoms with Crippen molar-refractivity contribution in [1.82, 2.24) is 9.88 Å². The van der Waals surface area contributed by atoms with Gasteiger partial charge in [0, 0.05) is 35.0 Å². The molecule has 26 heavy (non-hydrogen) atoms. The molecule has 0 bridgehead atoms. The fourth-order valence-electron chi connectivity index (χ4n) is 2.41. The summed E-state index contributed by atoms with van der Waals surface area (Å²) in [7, 11) is 1.64. The van der Waals surface area contributed by atoms with Gasteiger partial charge in [-0.05, 0) is 37.1 Å². The van der Waals surface area contributed by atoms with Crippen LogP contribution in [0, 0.1) is 11.7 Å². The fourth-order valence-corrected chi connectivity index (χ4v) is 2.86. The minimum absolute atomic E-state index is 0.296. The molecule has 0 unspecified atom stereocenters. The van der Waals surface area contributed by atoms with Gasteiger partial charge in [-0.15, -0.1) is 0 Å². The lowest BCUT2D eigenvalue weighted by Gasteiger charge is -2.22. The van der Waals surface area contributed by atoms with Crippen LogP contribution in [0.5, 0.6) is 0 Å². The maximum atomic E-state index is 14.1. The first-order valence-corrected chi connectivity index (χ1v) is 9.56. The Bertz CT molecular complexity index is 767. The molecule has 0 spiro atoms. The van der Waals surface area contributed by atoms with E-state index in [2.05, 4.69) is 56.9 Å². The number of rotatable bonds is 7. The van der Waals surface area contributed by atoms with Crippen molar-refractivity contribution in [3.8, 4) is 0 Å². The van der Waals surface area contributed by atoms with E-state index in [0.717, 1.165) is 29.4 Å². The van der Waals surface area contributed by atoms with E-state index >= 15 is 0 Å². The molecule has 2 aromatic rings. The first kappa shape index (κ1) is 20.6. The summed E-state index contributed by atoms with van der Waals surface area (Å²) in [6.45, 7) is 8.83. The predicted octanol–water partition coefficient (Wildman–Crippen LogP) is 4.88. The number of anilines is 1. The summed E-state index contributed by atoms with van der Waals surface area (Å²) >= 11 is 3.41. The molecular formula is C19H26BrFN4O. The molecule has 0 aliphatic rings. The largest absolute Gasteiger partial charge is 0.449 e. The smallest absolute Gasteiger partial charge is 0.291 e. The SMILES string of the molecule is CCN(CCC(C)C)COC(=NC)Nc1cc2c(F)ccc(Br)c2cn1. The number of amidine groups is 1. The third-order valence-electron chi connectivity index (χ3n) is 4.09. The molecule has 1 heterocycles. The second-order valence-electron chi connectivity index (χ2n) is 6.46. The van der Waals surface area contributed by atoms with Crippen LogP contribution in [0.15, 0.2) is 33.9 Å². The Kier molecular flexibility index (Phi) is 7.78. The van der Waals surface area contributed by atoms with Gasteiger partial charge >= 0.3 is 0 Å². The molecule has 1 aromatic heterocycles. The lowest BCUT2D eigenvalue weighted by molar-refractivity contribution is 0.117. The van der Waals surface area contributed by atoms with Crippen molar-refractivity contribution >= 4 is 38.5 Å². The molecule has 0 saturated heterocycles. The molecule has 0 saturated carbocycles. The van der Waals surface area contributed by atoms with Crippen LogP contribution >= 0.6 is 15.9 Å². The number of nitrogens with zero attached hydrogens (tertiary/aromatic N) is 3. The minimum atomic E-state index is -0.296. The summed E-state index contributed by atoms with van der Waals surface area (Å²) < 4.78 is 20.6. The van der Waals surface area contributed by atoms with E-state index in [0.29, 0.717) is 29.9 Å². The van der Waals surface area contributed by atoms with Crippen LogP contribution in [0.25, 0.3) is 10.8 Å². The molecule has 142 valence electrons. The molecule has 1 aromatic carbocycles. The number of benzene rings is 1. The Morgan fingerprint density at radius 1 is 1.38 bits per heavy atom. The maximum Gasteiger partial charge on any atom is 0.291 e. The van der Waals surface area contributed by atoms with Gasteiger partial charge < -0.3 is 4.74 Å². The number of hydrogen-bond donors (Lipinski definition) is 1. The molecular weight excluding hydrogens is 399 g/mol. The molecule has 5 nitrogen and oxygen atoms in total. The molecule has 7 heteroatoms. The van der Waals surface area contributed by atoms with Gasteiger partial charge in [0.1, 0.15) is 18.4 Å². The molecule has 2 rings (SSSR count). The van der Waals surface area contributed by atoms with Crippen molar-refractivity contribution in [2.24, 2.45) is 10.9 Å². The van der Waals surface area contributed by atoms with Crippen LogP contribution in [0.2, 0.25) is 0 Å². The van der Waals surface area contributed by atoms with Gasteiger partial charge in [-0.3, -0.25) is 10.2 Å². The van der Waals surface area contributed by atoms with Crippen molar-refractivity contribution in [3.63, 3.8) is 0 Å². The summed E-state index contributed by atoms with van der Waals surface area (Å²) in [5.74, 6) is 0.841. The van der Waals surface area contributed by atoms with Crippen LogP contribution in [-0.4, -0.2) is 42.8 Å². The van der Waals surface area contributed by atoms with Gasteiger partial charge in [0.25, 0.3) is 6.02 Å². The van der Waals surface area contributed by atoms with E-state index in [1.165, 1.54) is 6.07 Å². The average Bonchev–Trinajstić information content (AvgIpc) is 2.63. The second kappa shape index (κ2) is 9.83. The Balaban J connectivity index is 2.03. The van der Waals surface area contributed by atoms with Crippen molar-refractivity contribution in [2.45, 2.75) is 27.2 Å². The molecule has 0 aliphatic carbocycles. The van der Waals surface area contributed by atoms with Crippen LogP contribution in [-0.2, 0) is 4.74 Å². The highest BCUT2D eigenvalue weighted by Crippen LogP contribution is 2.27. The first-order chi connectivity index (χ1) is 12.4. The van der Waals surface area contributed by atoms with E-state index in [1.807, 2.05) is 0 Å². The third kappa shape index (κ3) is 5.64. The molecule has 0 fully saturated rings. The Labute approximate surface area is 162 Å². The quantitative estimate of drug-likeness (QED) is 0.391. The second-order valence-corrected chi connectivity index (χ2v) is 7.32. The van der Waals surface area contributed by atoms with Crippen LogP contribution in [0.1, 0.15) is 27.2 Å². The van der Waals surface area contributed by atoms with Gasteiger partial charge in [0.2, 0.25) is 0 Å².